The Balaban J connectivity index is 1.71. The average molecular weight is 535 g/mol. The summed E-state index contributed by atoms with van der Waals surface area (Å²) in [6.07, 6.45) is 1.59. The van der Waals surface area contributed by atoms with Crippen LogP contribution in [0.5, 0.6) is 17.2 Å². The Morgan fingerprint density at radius 3 is 2.45 bits per heavy atom. The van der Waals surface area contributed by atoms with Crippen LogP contribution in [0.2, 0.25) is 0 Å². The first-order valence-electron chi connectivity index (χ1n) is 10.1. The number of nitrogens with one attached hydrogen (secondary N) is 1. The molecular formula is C23H23BrN2O6S. The Kier molecular flexibility index (Phi) is 8.40. The van der Waals surface area contributed by atoms with Crippen molar-refractivity contribution < 1.29 is 28.6 Å². The van der Waals surface area contributed by atoms with E-state index in [4.69, 9.17) is 14.2 Å². The first-order chi connectivity index (χ1) is 15.9. The maximum atomic E-state index is 12.8. The first kappa shape index (κ1) is 24.7. The van der Waals surface area contributed by atoms with Gasteiger partial charge in [0, 0.05) is 5.69 Å². The van der Waals surface area contributed by atoms with Gasteiger partial charge in [0.05, 0.1) is 29.7 Å². The number of amides is 3. The molecule has 3 rings (SSSR count). The van der Waals surface area contributed by atoms with Crippen LogP contribution >= 0.6 is 27.7 Å². The van der Waals surface area contributed by atoms with Crippen LogP contribution in [-0.4, -0.2) is 48.8 Å². The van der Waals surface area contributed by atoms with E-state index < -0.39 is 17.1 Å². The lowest BCUT2D eigenvalue weighted by molar-refractivity contribution is -0.127. The third-order valence-corrected chi connectivity index (χ3v) is 5.95. The number of methoxy groups -OCH3 is 1. The van der Waals surface area contributed by atoms with E-state index in [0.29, 0.717) is 46.2 Å². The number of anilines is 1. The summed E-state index contributed by atoms with van der Waals surface area (Å²) < 4.78 is 17.0. The molecule has 0 bridgehead atoms. The Hall–Kier alpha value is -2.98. The molecule has 1 saturated heterocycles. The number of imide groups is 1. The van der Waals surface area contributed by atoms with Crippen molar-refractivity contribution in [2.75, 3.05) is 32.2 Å². The van der Waals surface area contributed by atoms with Gasteiger partial charge in [-0.15, -0.1) is 0 Å². The highest BCUT2D eigenvalue weighted by Crippen LogP contribution is 2.39. The normalized spacial score (nSPS) is 14.5. The van der Waals surface area contributed by atoms with Crippen LogP contribution in [-0.2, 0) is 9.59 Å². The second-order valence-electron chi connectivity index (χ2n) is 6.74. The van der Waals surface area contributed by atoms with Gasteiger partial charge in [-0.1, -0.05) is 0 Å². The lowest BCUT2D eigenvalue weighted by Crippen LogP contribution is -2.36. The van der Waals surface area contributed by atoms with Crippen LogP contribution in [0.3, 0.4) is 0 Å². The van der Waals surface area contributed by atoms with Crippen LogP contribution in [0, 0.1) is 0 Å². The van der Waals surface area contributed by atoms with Crippen molar-refractivity contribution in [3.05, 3.63) is 51.3 Å². The first-order valence-corrected chi connectivity index (χ1v) is 11.8. The van der Waals surface area contributed by atoms with Crippen molar-refractivity contribution in [2.24, 2.45) is 0 Å². The average Bonchev–Trinajstić information content (AvgIpc) is 3.03. The summed E-state index contributed by atoms with van der Waals surface area (Å²) in [6, 6.07) is 10.3. The van der Waals surface area contributed by atoms with Gasteiger partial charge in [0.15, 0.2) is 11.5 Å². The van der Waals surface area contributed by atoms with Gasteiger partial charge in [-0.25, -0.2) is 0 Å². The van der Waals surface area contributed by atoms with Gasteiger partial charge in [0.25, 0.3) is 11.1 Å². The molecule has 33 heavy (non-hydrogen) atoms. The molecule has 0 unspecified atom stereocenters. The number of nitrogens with zero attached hydrogens (tertiary/aromatic N) is 1. The predicted octanol–water partition coefficient (Wildman–Crippen LogP) is 4.93. The number of hydrogen-bond acceptors (Lipinski definition) is 7. The number of carbonyl (C=O) groups is 3. The van der Waals surface area contributed by atoms with Gasteiger partial charge in [-0.2, -0.15) is 0 Å². The molecule has 1 aliphatic heterocycles. The van der Waals surface area contributed by atoms with Gasteiger partial charge in [-0.05, 0) is 89.6 Å². The number of thioether (sulfide) groups is 1. The molecule has 3 amide bonds. The molecule has 1 N–H and O–H groups in total. The van der Waals surface area contributed by atoms with E-state index in [9.17, 15) is 14.4 Å². The van der Waals surface area contributed by atoms with Crippen LogP contribution in [0.15, 0.2) is 45.8 Å². The van der Waals surface area contributed by atoms with Gasteiger partial charge >= 0.3 is 0 Å². The van der Waals surface area contributed by atoms with E-state index in [1.54, 1.807) is 42.5 Å². The molecule has 0 spiro atoms. The highest BCUT2D eigenvalue weighted by Gasteiger charge is 2.36. The summed E-state index contributed by atoms with van der Waals surface area (Å²) in [5.74, 6) is 0.720. The predicted molar refractivity (Wildman–Crippen MR) is 131 cm³/mol. The SMILES string of the molecule is CCOc1ccc(NC(=O)CN2C(=O)S/C(=C/c3cc(Br)c(OC)c(OCC)c3)C2=O)cc1. The third-order valence-electron chi connectivity index (χ3n) is 4.46. The Bertz CT molecular complexity index is 1090. The monoisotopic (exact) mass is 534 g/mol. The lowest BCUT2D eigenvalue weighted by Gasteiger charge is -2.13. The number of benzene rings is 2. The van der Waals surface area contributed by atoms with Gasteiger partial charge < -0.3 is 19.5 Å². The molecule has 0 atom stereocenters. The number of hydrogen-bond donors (Lipinski definition) is 1. The minimum Gasteiger partial charge on any atom is -0.494 e. The molecule has 0 radical (unpaired) electrons. The van der Waals surface area contributed by atoms with Crippen molar-refractivity contribution in [3.8, 4) is 17.2 Å². The molecule has 2 aromatic rings. The molecule has 8 nitrogen and oxygen atoms in total. The minimum absolute atomic E-state index is 0.216. The second kappa shape index (κ2) is 11.2. The smallest absolute Gasteiger partial charge is 0.294 e. The molecule has 1 heterocycles. The third kappa shape index (κ3) is 6.08. The molecular weight excluding hydrogens is 512 g/mol. The summed E-state index contributed by atoms with van der Waals surface area (Å²) >= 11 is 4.21. The maximum absolute atomic E-state index is 12.8. The van der Waals surface area contributed by atoms with Crippen molar-refractivity contribution >= 4 is 56.5 Å². The number of ether oxygens (including phenoxy) is 3. The van der Waals surface area contributed by atoms with Crippen LogP contribution in [0.4, 0.5) is 10.5 Å². The fourth-order valence-electron chi connectivity index (χ4n) is 3.07. The van der Waals surface area contributed by atoms with Gasteiger partial charge in [0.2, 0.25) is 5.91 Å². The van der Waals surface area contributed by atoms with E-state index in [0.717, 1.165) is 16.7 Å². The van der Waals surface area contributed by atoms with E-state index in [1.165, 1.54) is 7.11 Å². The largest absolute Gasteiger partial charge is 0.494 e. The molecule has 1 fully saturated rings. The zero-order valence-corrected chi connectivity index (χ0v) is 20.7. The number of halogens is 1. The second-order valence-corrected chi connectivity index (χ2v) is 8.59. The Morgan fingerprint density at radius 2 is 1.82 bits per heavy atom. The zero-order chi connectivity index (χ0) is 24.0. The molecule has 0 aliphatic carbocycles. The van der Waals surface area contributed by atoms with E-state index in [-0.39, 0.29) is 11.4 Å². The highest BCUT2D eigenvalue weighted by atomic mass is 79.9. The van der Waals surface area contributed by atoms with Crippen LogP contribution in [0.25, 0.3) is 6.08 Å². The lowest BCUT2D eigenvalue weighted by atomic mass is 10.2. The molecule has 10 heteroatoms. The topological polar surface area (TPSA) is 94.2 Å². The van der Waals surface area contributed by atoms with Crippen LogP contribution in [0.1, 0.15) is 19.4 Å². The number of rotatable bonds is 9. The standard InChI is InChI=1S/C23H23BrN2O6S/c1-4-31-16-8-6-15(7-9-16)25-20(27)13-26-22(28)19(33-23(26)29)12-14-10-17(24)21(30-3)18(11-14)32-5-2/h6-12H,4-5,13H2,1-3H3,(H,25,27)/b19-12+. The van der Waals surface area contributed by atoms with E-state index in [2.05, 4.69) is 21.2 Å². The fourth-order valence-corrected chi connectivity index (χ4v) is 4.53. The molecule has 0 aromatic heterocycles. The summed E-state index contributed by atoms with van der Waals surface area (Å²) in [5.41, 5.74) is 1.19. The Morgan fingerprint density at radius 1 is 1.12 bits per heavy atom. The quantitative estimate of drug-likeness (QED) is 0.455. The van der Waals surface area contributed by atoms with Crippen molar-refractivity contribution in [1.82, 2.24) is 4.90 Å². The summed E-state index contributed by atoms with van der Waals surface area (Å²) in [7, 11) is 1.53. The zero-order valence-electron chi connectivity index (χ0n) is 18.3. The van der Waals surface area contributed by atoms with Crippen LogP contribution < -0.4 is 19.5 Å². The number of carbonyl (C=O) groups excluding carboxylic acids is 3. The van der Waals surface area contributed by atoms with Crippen molar-refractivity contribution in [1.29, 1.82) is 0 Å². The highest BCUT2D eigenvalue weighted by molar-refractivity contribution is 9.10. The minimum atomic E-state index is -0.531. The summed E-state index contributed by atoms with van der Waals surface area (Å²) in [4.78, 5) is 38.7. The molecule has 0 saturated carbocycles. The molecule has 2 aromatic carbocycles. The van der Waals surface area contributed by atoms with Crippen molar-refractivity contribution in [3.63, 3.8) is 0 Å². The maximum Gasteiger partial charge on any atom is 0.294 e. The van der Waals surface area contributed by atoms with Gasteiger partial charge in [0.1, 0.15) is 12.3 Å². The molecule has 1 aliphatic rings. The molecule has 174 valence electrons. The van der Waals surface area contributed by atoms with E-state index >= 15 is 0 Å². The van der Waals surface area contributed by atoms with Gasteiger partial charge in [-0.3, -0.25) is 19.3 Å². The van der Waals surface area contributed by atoms with E-state index in [1.807, 2.05) is 13.8 Å². The van der Waals surface area contributed by atoms with Crippen molar-refractivity contribution in [2.45, 2.75) is 13.8 Å². The Labute approximate surface area is 204 Å². The summed E-state index contributed by atoms with van der Waals surface area (Å²) in [6.45, 7) is 4.33. The fraction of sp³-hybridized carbons (Fsp3) is 0.261. The summed E-state index contributed by atoms with van der Waals surface area (Å²) in [5, 5.41) is 2.17.